The van der Waals surface area contributed by atoms with Crippen LogP contribution < -0.4 is 4.74 Å². The number of aromatic nitrogens is 1. The van der Waals surface area contributed by atoms with Crippen LogP contribution in [0.4, 0.5) is 0 Å². The average molecular weight is 301 g/mol. The molecule has 0 radical (unpaired) electrons. The van der Waals surface area contributed by atoms with Crippen molar-refractivity contribution in [1.82, 2.24) is 4.98 Å². The summed E-state index contributed by atoms with van der Waals surface area (Å²) in [4.78, 5) is 17.8. The first kappa shape index (κ1) is 14.3. The van der Waals surface area contributed by atoms with Crippen LogP contribution in [0.25, 0.3) is 10.6 Å². The van der Waals surface area contributed by atoms with Crippen LogP contribution in [0.2, 0.25) is 0 Å². The maximum absolute atomic E-state index is 12.3. The van der Waals surface area contributed by atoms with Gasteiger partial charge in [-0.3, -0.25) is 4.79 Å². The first-order valence-corrected chi connectivity index (χ1v) is 7.89. The quantitative estimate of drug-likeness (QED) is 0.831. The number of ether oxygens (including phenoxy) is 1. The monoisotopic (exact) mass is 301 g/mol. The lowest BCUT2D eigenvalue weighted by molar-refractivity contribution is 0.0916. The van der Waals surface area contributed by atoms with Gasteiger partial charge in [-0.25, -0.2) is 4.98 Å². The lowest BCUT2D eigenvalue weighted by Gasteiger charge is -2.26. The molecule has 0 N–H and O–H groups in total. The predicted molar refractivity (Wildman–Crippen MR) is 85.3 cm³/mol. The van der Waals surface area contributed by atoms with Crippen molar-refractivity contribution in [3.05, 3.63) is 34.3 Å². The van der Waals surface area contributed by atoms with Gasteiger partial charge in [0.15, 0.2) is 5.78 Å². The van der Waals surface area contributed by atoms with Crippen molar-refractivity contribution in [2.45, 2.75) is 33.6 Å². The number of benzene rings is 1. The summed E-state index contributed by atoms with van der Waals surface area (Å²) < 4.78 is 5.29. The van der Waals surface area contributed by atoms with E-state index in [1.165, 1.54) is 11.3 Å². The van der Waals surface area contributed by atoms with Gasteiger partial charge in [-0.2, -0.15) is 0 Å². The minimum Gasteiger partial charge on any atom is -0.496 e. The Balaban J connectivity index is 2.02. The Hall–Kier alpha value is -1.68. The third kappa shape index (κ3) is 2.60. The number of hydrogen-bond donors (Lipinski definition) is 0. The molecule has 0 spiro atoms. The van der Waals surface area contributed by atoms with Crippen molar-refractivity contribution < 1.29 is 9.53 Å². The normalized spacial score (nSPS) is 16.7. The van der Waals surface area contributed by atoms with E-state index in [0.717, 1.165) is 38.9 Å². The highest BCUT2D eigenvalue weighted by molar-refractivity contribution is 7.17. The van der Waals surface area contributed by atoms with E-state index >= 15 is 0 Å². The summed E-state index contributed by atoms with van der Waals surface area (Å²) in [7, 11) is 1.67. The summed E-state index contributed by atoms with van der Waals surface area (Å²) in [5, 5.41) is 0.928. The highest BCUT2D eigenvalue weighted by Crippen LogP contribution is 2.39. The molecule has 21 heavy (non-hydrogen) atoms. The zero-order valence-electron chi connectivity index (χ0n) is 12.8. The lowest BCUT2D eigenvalue weighted by atomic mass is 9.78. The van der Waals surface area contributed by atoms with Crippen LogP contribution in [0.5, 0.6) is 5.75 Å². The van der Waals surface area contributed by atoms with E-state index in [0.29, 0.717) is 6.42 Å². The van der Waals surface area contributed by atoms with Crippen LogP contribution in [0.15, 0.2) is 18.2 Å². The summed E-state index contributed by atoms with van der Waals surface area (Å²) in [6.45, 7) is 6.28. The fraction of sp³-hybridized carbons (Fsp3) is 0.412. The standard InChI is InChI=1S/C17H19NO2S/c1-10-7-11(5-6-14(10)20-4)16-18-12-8-17(2,3)9-13(19)15(12)21-16/h5-7H,8-9H2,1-4H3. The molecule has 4 heteroatoms. The fourth-order valence-electron chi connectivity index (χ4n) is 2.86. The van der Waals surface area contributed by atoms with E-state index in [4.69, 9.17) is 9.72 Å². The third-order valence-corrected chi connectivity index (χ3v) is 5.07. The van der Waals surface area contributed by atoms with E-state index in [1.54, 1.807) is 7.11 Å². The highest BCUT2D eigenvalue weighted by atomic mass is 32.1. The van der Waals surface area contributed by atoms with Crippen LogP contribution >= 0.6 is 11.3 Å². The number of ketones is 1. The van der Waals surface area contributed by atoms with Crippen molar-refractivity contribution in [1.29, 1.82) is 0 Å². The van der Waals surface area contributed by atoms with Gasteiger partial charge in [-0.05, 0) is 42.5 Å². The molecule has 0 bridgehead atoms. The van der Waals surface area contributed by atoms with E-state index in [9.17, 15) is 4.79 Å². The van der Waals surface area contributed by atoms with Gasteiger partial charge in [0.1, 0.15) is 10.8 Å². The topological polar surface area (TPSA) is 39.2 Å². The lowest BCUT2D eigenvalue weighted by Crippen LogP contribution is -2.25. The fourth-order valence-corrected chi connectivity index (χ4v) is 3.87. The smallest absolute Gasteiger partial charge is 0.175 e. The van der Waals surface area contributed by atoms with Crippen molar-refractivity contribution in [3.8, 4) is 16.3 Å². The number of methoxy groups -OCH3 is 1. The Morgan fingerprint density at radius 2 is 2.05 bits per heavy atom. The highest BCUT2D eigenvalue weighted by Gasteiger charge is 2.33. The summed E-state index contributed by atoms with van der Waals surface area (Å²) in [5.41, 5.74) is 3.11. The van der Waals surface area contributed by atoms with Gasteiger partial charge >= 0.3 is 0 Å². The molecule has 0 amide bonds. The molecule has 0 unspecified atom stereocenters. The molecular formula is C17H19NO2S. The second-order valence-electron chi connectivity index (χ2n) is 6.42. The molecule has 1 aromatic carbocycles. The molecule has 0 atom stereocenters. The number of carbonyl (C=O) groups excluding carboxylic acids is 1. The molecular weight excluding hydrogens is 282 g/mol. The van der Waals surface area contributed by atoms with Crippen molar-refractivity contribution in [2.75, 3.05) is 7.11 Å². The summed E-state index contributed by atoms with van der Waals surface area (Å²) >= 11 is 1.52. The van der Waals surface area contributed by atoms with Crippen LogP contribution in [-0.2, 0) is 6.42 Å². The van der Waals surface area contributed by atoms with E-state index < -0.39 is 0 Å². The Kier molecular flexibility index (Phi) is 3.36. The van der Waals surface area contributed by atoms with Crippen LogP contribution in [0.1, 0.15) is 41.2 Å². The second kappa shape index (κ2) is 4.95. The summed E-state index contributed by atoms with van der Waals surface area (Å²) in [5.74, 6) is 1.10. The summed E-state index contributed by atoms with van der Waals surface area (Å²) in [6.07, 6.45) is 1.49. The molecule has 1 aliphatic carbocycles. The third-order valence-electron chi connectivity index (χ3n) is 3.88. The molecule has 110 valence electrons. The average Bonchev–Trinajstić information content (AvgIpc) is 2.81. The Labute approximate surface area is 129 Å². The van der Waals surface area contributed by atoms with Gasteiger partial charge in [0.05, 0.1) is 17.7 Å². The molecule has 0 aliphatic heterocycles. The number of rotatable bonds is 2. The van der Waals surface area contributed by atoms with Crippen molar-refractivity contribution in [3.63, 3.8) is 0 Å². The van der Waals surface area contributed by atoms with Gasteiger partial charge in [0.2, 0.25) is 0 Å². The first-order valence-electron chi connectivity index (χ1n) is 7.07. The molecule has 0 saturated carbocycles. The predicted octanol–water partition coefficient (Wildman–Crippen LogP) is 4.28. The molecule has 1 aromatic heterocycles. The number of fused-ring (bicyclic) bond motifs is 1. The summed E-state index contributed by atoms with van der Waals surface area (Å²) in [6, 6.07) is 6.03. The van der Waals surface area contributed by atoms with Gasteiger partial charge < -0.3 is 4.74 Å². The zero-order valence-corrected chi connectivity index (χ0v) is 13.6. The molecule has 0 saturated heterocycles. The van der Waals surface area contributed by atoms with Crippen LogP contribution in [0, 0.1) is 12.3 Å². The molecule has 2 aromatic rings. The number of hydrogen-bond acceptors (Lipinski definition) is 4. The van der Waals surface area contributed by atoms with E-state index in [2.05, 4.69) is 19.9 Å². The minimum atomic E-state index is 0.0191. The molecule has 3 rings (SSSR count). The Bertz CT molecular complexity index is 716. The van der Waals surface area contributed by atoms with Crippen LogP contribution in [-0.4, -0.2) is 17.9 Å². The molecule has 1 heterocycles. The minimum absolute atomic E-state index is 0.0191. The number of aryl methyl sites for hydroxylation is 1. The second-order valence-corrected chi connectivity index (χ2v) is 7.42. The van der Waals surface area contributed by atoms with Gasteiger partial charge in [0, 0.05) is 12.0 Å². The van der Waals surface area contributed by atoms with Gasteiger partial charge in [-0.1, -0.05) is 13.8 Å². The first-order chi connectivity index (χ1) is 9.89. The molecule has 3 nitrogen and oxygen atoms in total. The van der Waals surface area contributed by atoms with Gasteiger partial charge in [-0.15, -0.1) is 11.3 Å². The van der Waals surface area contributed by atoms with Crippen LogP contribution in [0.3, 0.4) is 0 Å². The van der Waals surface area contributed by atoms with E-state index in [1.807, 2.05) is 19.1 Å². The Morgan fingerprint density at radius 1 is 1.29 bits per heavy atom. The molecule has 0 fully saturated rings. The van der Waals surface area contributed by atoms with Gasteiger partial charge in [0.25, 0.3) is 0 Å². The number of thiazole rings is 1. The number of Topliss-reactive ketones (excluding diaryl/α,β-unsaturated/α-hetero) is 1. The largest absolute Gasteiger partial charge is 0.496 e. The number of carbonyl (C=O) groups is 1. The van der Waals surface area contributed by atoms with Crippen molar-refractivity contribution in [2.24, 2.45) is 5.41 Å². The zero-order chi connectivity index (χ0) is 15.2. The van der Waals surface area contributed by atoms with Crippen molar-refractivity contribution >= 4 is 17.1 Å². The SMILES string of the molecule is COc1ccc(-c2nc3c(s2)C(=O)CC(C)(C)C3)cc1C. The maximum atomic E-state index is 12.3. The Morgan fingerprint density at radius 3 is 2.71 bits per heavy atom. The van der Waals surface area contributed by atoms with E-state index in [-0.39, 0.29) is 11.2 Å². The maximum Gasteiger partial charge on any atom is 0.175 e. The number of nitrogens with zero attached hydrogens (tertiary/aromatic N) is 1. The molecule has 1 aliphatic rings.